The Morgan fingerprint density at radius 3 is 2.52 bits per heavy atom. The average molecular weight is 330 g/mol. The molecule has 1 aromatic heterocycles. The van der Waals surface area contributed by atoms with E-state index in [-0.39, 0.29) is 11.9 Å². The molecule has 126 valence electrons. The van der Waals surface area contributed by atoms with Gasteiger partial charge in [0.05, 0.1) is 11.7 Å². The number of nitrogens with zero attached hydrogens (tertiary/aromatic N) is 1. The minimum absolute atomic E-state index is 0.0287. The monoisotopic (exact) mass is 330 g/mol. The molecule has 2 aromatic carbocycles. The van der Waals surface area contributed by atoms with Crippen molar-refractivity contribution in [3.63, 3.8) is 0 Å². The molecular formula is C22H22N2O. The van der Waals surface area contributed by atoms with Gasteiger partial charge in [-0.3, -0.25) is 9.78 Å². The van der Waals surface area contributed by atoms with Gasteiger partial charge < -0.3 is 5.32 Å². The van der Waals surface area contributed by atoms with Crippen molar-refractivity contribution in [3.05, 3.63) is 101 Å². The number of amides is 1. The number of benzene rings is 2. The standard InChI is InChI=1S/C22H22N2O/c1-17-8-7-9-18(16-17)13-14-21(25)24-22(19-10-3-2-4-11-19)20-12-5-6-15-23-20/h2-12,15-16,22H,13-14H2,1H3,(H,24,25). The van der Waals surface area contributed by atoms with E-state index in [2.05, 4.69) is 35.4 Å². The molecule has 3 rings (SSSR count). The molecule has 0 aliphatic heterocycles. The third-order valence-electron chi connectivity index (χ3n) is 4.14. The summed E-state index contributed by atoms with van der Waals surface area (Å²) in [5.74, 6) is 0.0287. The lowest BCUT2D eigenvalue weighted by molar-refractivity contribution is -0.121. The Morgan fingerprint density at radius 2 is 1.80 bits per heavy atom. The number of hydrogen-bond acceptors (Lipinski definition) is 2. The van der Waals surface area contributed by atoms with Crippen LogP contribution in [-0.4, -0.2) is 10.9 Å². The summed E-state index contributed by atoms with van der Waals surface area (Å²) in [7, 11) is 0. The minimum atomic E-state index is -0.229. The Bertz CT molecular complexity index is 776. The maximum absolute atomic E-state index is 12.5. The first-order valence-corrected chi connectivity index (χ1v) is 8.53. The molecule has 0 saturated heterocycles. The SMILES string of the molecule is Cc1cccc(CCC(=O)NC(c2ccccc2)c2ccccn2)c1. The fourth-order valence-electron chi connectivity index (χ4n) is 2.88. The van der Waals surface area contributed by atoms with Crippen molar-refractivity contribution in [1.29, 1.82) is 0 Å². The van der Waals surface area contributed by atoms with Gasteiger partial charge in [-0.25, -0.2) is 0 Å². The molecule has 1 amide bonds. The van der Waals surface area contributed by atoms with E-state index in [1.807, 2.05) is 54.6 Å². The van der Waals surface area contributed by atoms with E-state index >= 15 is 0 Å². The van der Waals surface area contributed by atoms with Crippen LogP contribution in [0.25, 0.3) is 0 Å². The van der Waals surface area contributed by atoms with Gasteiger partial charge in [0.15, 0.2) is 0 Å². The Labute approximate surface area is 148 Å². The smallest absolute Gasteiger partial charge is 0.221 e. The van der Waals surface area contributed by atoms with Crippen LogP contribution in [0.15, 0.2) is 79.0 Å². The maximum atomic E-state index is 12.5. The molecule has 0 saturated carbocycles. The zero-order chi connectivity index (χ0) is 17.5. The number of pyridine rings is 1. The lowest BCUT2D eigenvalue weighted by Crippen LogP contribution is -2.30. The van der Waals surface area contributed by atoms with Gasteiger partial charge in [-0.15, -0.1) is 0 Å². The van der Waals surface area contributed by atoms with Gasteiger partial charge in [0.25, 0.3) is 0 Å². The third-order valence-corrected chi connectivity index (χ3v) is 4.14. The first-order chi connectivity index (χ1) is 12.2. The highest BCUT2D eigenvalue weighted by molar-refractivity contribution is 5.77. The van der Waals surface area contributed by atoms with Crippen molar-refractivity contribution in [2.45, 2.75) is 25.8 Å². The van der Waals surface area contributed by atoms with Crippen LogP contribution in [0.1, 0.15) is 34.8 Å². The predicted octanol–water partition coefficient (Wildman–Crippen LogP) is 4.23. The van der Waals surface area contributed by atoms with Crippen LogP contribution in [0.3, 0.4) is 0 Å². The van der Waals surface area contributed by atoms with Gasteiger partial charge in [0.2, 0.25) is 5.91 Å². The molecular weight excluding hydrogens is 308 g/mol. The molecule has 3 heteroatoms. The Morgan fingerprint density at radius 1 is 1.00 bits per heavy atom. The molecule has 25 heavy (non-hydrogen) atoms. The van der Waals surface area contributed by atoms with Crippen LogP contribution in [0, 0.1) is 6.92 Å². The second-order valence-corrected chi connectivity index (χ2v) is 6.15. The van der Waals surface area contributed by atoms with Crippen LogP contribution < -0.4 is 5.32 Å². The number of carbonyl (C=O) groups is 1. The van der Waals surface area contributed by atoms with Crippen LogP contribution in [-0.2, 0) is 11.2 Å². The second kappa shape index (κ2) is 8.25. The molecule has 1 heterocycles. The number of rotatable bonds is 6. The number of aromatic nitrogens is 1. The summed E-state index contributed by atoms with van der Waals surface area (Å²) in [5.41, 5.74) is 4.28. The van der Waals surface area contributed by atoms with E-state index in [9.17, 15) is 4.79 Å². The molecule has 0 spiro atoms. The third kappa shape index (κ3) is 4.77. The zero-order valence-electron chi connectivity index (χ0n) is 14.4. The molecule has 1 unspecified atom stereocenters. The van der Waals surface area contributed by atoms with E-state index < -0.39 is 0 Å². The molecule has 0 radical (unpaired) electrons. The second-order valence-electron chi connectivity index (χ2n) is 6.15. The van der Waals surface area contributed by atoms with E-state index in [1.165, 1.54) is 11.1 Å². The molecule has 3 nitrogen and oxygen atoms in total. The summed E-state index contributed by atoms with van der Waals surface area (Å²) in [5, 5.41) is 3.13. The average Bonchev–Trinajstić information content (AvgIpc) is 2.66. The number of carbonyl (C=O) groups excluding carboxylic acids is 1. The molecule has 0 aliphatic carbocycles. The van der Waals surface area contributed by atoms with Crippen molar-refractivity contribution in [2.75, 3.05) is 0 Å². The van der Waals surface area contributed by atoms with Gasteiger partial charge in [0, 0.05) is 12.6 Å². The molecule has 0 aliphatic rings. The van der Waals surface area contributed by atoms with Crippen LogP contribution in [0.2, 0.25) is 0 Å². The quantitative estimate of drug-likeness (QED) is 0.735. The molecule has 0 bridgehead atoms. The number of aryl methyl sites for hydroxylation is 2. The summed E-state index contributed by atoms with van der Waals surface area (Å²) in [4.78, 5) is 16.9. The van der Waals surface area contributed by atoms with Crippen molar-refractivity contribution in [2.24, 2.45) is 0 Å². The molecule has 3 aromatic rings. The van der Waals surface area contributed by atoms with Crippen LogP contribution in [0.5, 0.6) is 0 Å². The Balaban J connectivity index is 1.71. The van der Waals surface area contributed by atoms with E-state index in [4.69, 9.17) is 0 Å². The van der Waals surface area contributed by atoms with Crippen molar-refractivity contribution in [3.8, 4) is 0 Å². The summed E-state index contributed by atoms with van der Waals surface area (Å²) >= 11 is 0. The van der Waals surface area contributed by atoms with E-state index in [1.54, 1.807) is 6.20 Å². The predicted molar refractivity (Wildman–Crippen MR) is 100 cm³/mol. The van der Waals surface area contributed by atoms with Crippen LogP contribution >= 0.6 is 0 Å². The largest absolute Gasteiger partial charge is 0.344 e. The van der Waals surface area contributed by atoms with Crippen molar-refractivity contribution in [1.82, 2.24) is 10.3 Å². The minimum Gasteiger partial charge on any atom is -0.344 e. The van der Waals surface area contributed by atoms with Crippen molar-refractivity contribution >= 4 is 5.91 Å². The van der Waals surface area contributed by atoms with Crippen LogP contribution in [0.4, 0.5) is 0 Å². The molecule has 1 N–H and O–H groups in total. The summed E-state index contributed by atoms with van der Waals surface area (Å²) in [6.45, 7) is 2.07. The molecule has 1 atom stereocenters. The van der Waals surface area contributed by atoms with Gasteiger partial charge in [-0.05, 0) is 36.6 Å². The highest BCUT2D eigenvalue weighted by Gasteiger charge is 2.17. The summed E-state index contributed by atoms with van der Waals surface area (Å²) in [6.07, 6.45) is 2.95. The first-order valence-electron chi connectivity index (χ1n) is 8.53. The summed E-state index contributed by atoms with van der Waals surface area (Å²) < 4.78 is 0. The van der Waals surface area contributed by atoms with Gasteiger partial charge in [-0.1, -0.05) is 66.2 Å². The highest BCUT2D eigenvalue weighted by Crippen LogP contribution is 2.20. The van der Waals surface area contributed by atoms with Gasteiger partial charge >= 0.3 is 0 Å². The van der Waals surface area contributed by atoms with E-state index in [0.29, 0.717) is 6.42 Å². The van der Waals surface area contributed by atoms with E-state index in [0.717, 1.165) is 17.7 Å². The van der Waals surface area contributed by atoms with Gasteiger partial charge in [0.1, 0.15) is 0 Å². The van der Waals surface area contributed by atoms with Gasteiger partial charge in [-0.2, -0.15) is 0 Å². The zero-order valence-corrected chi connectivity index (χ0v) is 14.4. The lowest BCUT2D eigenvalue weighted by atomic mass is 10.0. The highest BCUT2D eigenvalue weighted by atomic mass is 16.1. The maximum Gasteiger partial charge on any atom is 0.221 e. The Hall–Kier alpha value is -2.94. The summed E-state index contributed by atoms with van der Waals surface area (Å²) in [6, 6.07) is 23.8. The molecule has 0 fully saturated rings. The lowest BCUT2D eigenvalue weighted by Gasteiger charge is -2.19. The number of nitrogens with one attached hydrogen (secondary N) is 1. The van der Waals surface area contributed by atoms with Crippen molar-refractivity contribution < 1.29 is 4.79 Å². The Kier molecular flexibility index (Phi) is 5.57. The first kappa shape index (κ1) is 16.9. The number of hydrogen-bond donors (Lipinski definition) is 1. The normalized spacial score (nSPS) is 11.7. The topological polar surface area (TPSA) is 42.0 Å². The fourth-order valence-corrected chi connectivity index (χ4v) is 2.88. The fraction of sp³-hybridized carbons (Fsp3) is 0.182.